The molecule has 0 saturated carbocycles. The molecule has 1 atom stereocenters. The van der Waals surface area contributed by atoms with E-state index in [0.29, 0.717) is 17.1 Å². The van der Waals surface area contributed by atoms with E-state index < -0.39 is 5.91 Å². The van der Waals surface area contributed by atoms with Crippen LogP contribution in [0.3, 0.4) is 0 Å². The molecule has 4 rings (SSSR count). The number of carbonyl (C=O) groups excluding carboxylic acids is 1. The molecule has 2 aliphatic heterocycles. The number of benzene rings is 2. The van der Waals surface area contributed by atoms with Gasteiger partial charge < -0.3 is 9.47 Å². The monoisotopic (exact) mass is 265 g/mol. The van der Waals surface area contributed by atoms with Gasteiger partial charge in [-0.05, 0) is 24.3 Å². The molecule has 2 heterocycles. The molecule has 4 heteroatoms. The highest BCUT2D eigenvalue weighted by molar-refractivity contribution is 5.98. The van der Waals surface area contributed by atoms with Crippen LogP contribution in [0.15, 0.2) is 54.6 Å². The molecule has 2 aromatic carbocycles. The maximum absolute atomic E-state index is 12.2. The second-order valence-corrected chi connectivity index (χ2v) is 4.69. The molecule has 2 aliphatic rings. The van der Waals surface area contributed by atoms with Crippen LogP contribution in [-0.2, 0) is 0 Å². The summed E-state index contributed by atoms with van der Waals surface area (Å²) in [6.45, 7) is 0. The molecule has 2 aromatic rings. The number of nitrogens with one attached hydrogen (secondary N) is 1. The molecule has 0 saturated heterocycles. The fourth-order valence-electron chi connectivity index (χ4n) is 2.39. The van der Waals surface area contributed by atoms with E-state index >= 15 is 0 Å². The van der Waals surface area contributed by atoms with Gasteiger partial charge in [-0.1, -0.05) is 30.3 Å². The standard InChI is InChI=1S/C16H11NO3/c18-15-12-6-2-4-8-14(12)20-16(17-15)10-9-11-5-1-3-7-13(11)19-16/h1-10H,(H,17,18)/t16-/m1/s1. The van der Waals surface area contributed by atoms with Gasteiger partial charge in [-0.2, -0.15) is 0 Å². The highest BCUT2D eigenvalue weighted by Crippen LogP contribution is 2.35. The summed E-state index contributed by atoms with van der Waals surface area (Å²) < 4.78 is 11.7. The Hall–Kier alpha value is -2.75. The summed E-state index contributed by atoms with van der Waals surface area (Å²) >= 11 is 0. The summed E-state index contributed by atoms with van der Waals surface area (Å²) in [7, 11) is 0. The molecule has 0 radical (unpaired) electrons. The zero-order valence-corrected chi connectivity index (χ0v) is 10.5. The van der Waals surface area contributed by atoms with Gasteiger partial charge in [-0.15, -0.1) is 0 Å². The molecular weight excluding hydrogens is 254 g/mol. The maximum Gasteiger partial charge on any atom is 0.360 e. The number of para-hydroxylation sites is 2. The number of carbonyl (C=O) groups is 1. The van der Waals surface area contributed by atoms with Crippen LogP contribution in [-0.4, -0.2) is 11.8 Å². The molecular formula is C16H11NO3. The highest BCUT2D eigenvalue weighted by atomic mass is 16.7. The Morgan fingerprint density at radius 1 is 0.900 bits per heavy atom. The van der Waals surface area contributed by atoms with Gasteiger partial charge in [0.25, 0.3) is 5.91 Å². The molecule has 1 N–H and O–H groups in total. The van der Waals surface area contributed by atoms with E-state index in [2.05, 4.69) is 5.32 Å². The molecule has 0 unspecified atom stereocenters. The van der Waals surface area contributed by atoms with E-state index in [1.807, 2.05) is 36.4 Å². The minimum absolute atomic E-state index is 0.212. The quantitative estimate of drug-likeness (QED) is 0.796. The molecule has 0 fully saturated rings. The third-order valence-corrected chi connectivity index (χ3v) is 3.34. The second-order valence-electron chi connectivity index (χ2n) is 4.69. The zero-order valence-electron chi connectivity index (χ0n) is 10.5. The normalized spacial score (nSPS) is 22.3. The Bertz CT molecular complexity index is 738. The summed E-state index contributed by atoms with van der Waals surface area (Å²) in [5.41, 5.74) is 1.46. The predicted octanol–water partition coefficient (Wildman–Crippen LogP) is 2.57. The largest absolute Gasteiger partial charge is 0.431 e. The van der Waals surface area contributed by atoms with Gasteiger partial charge in [0.2, 0.25) is 0 Å². The average molecular weight is 265 g/mol. The lowest BCUT2D eigenvalue weighted by Gasteiger charge is -2.38. The molecule has 4 nitrogen and oxygen atoms in total. The van der Waals surface area contributed by atoms with E-state index in [9.17, 15) is 4.79 Å². The highest BCUT2D eigenvalue weighted by Gasteiger charge is 2.42. The van der Waals surface area contributed by atoms with Crippen LogP contribution in [0.25, 0.3) is 6.08 Å². The third-order valence-electron chi connectivity index (χ3n) is 3.34. The van der Waals surface area contributed by atoms with Crippen molar-refractivity contribution in [3.63, 3.8) is 0 Å². The molecule has 1 amide bonds. The van der Waals surface area contributed by atoms with Gasteiger partial charge in [0.05, 0.1) is 5.56 Å². The van der Waals surface area contributed by atoms with E-state index in [-0.39, 0.29) is 5.91 Å². The summed E-state index contributed by atoms with van der Waals surface area (Å²) in [6, 6.07) is 14.7. The topological polar surface area (TPSA) is 47.6 Å². The SMILES string of the molecule is O=C1N[C@@]2(C=Cc3ccccc3O2)Oc2ccccc21. The Balaban J connectivity index is 1.77. The van der Waals surface area contributed by atoms with E-state index in [0.717, 1.165) is 5.56 Å². The van der Waals surface area contributed by atoms with Gasteiger partial charge in [0, 0.05) is 11.6 Å². The molecule has 98 valence electrons. The van der Waals surface area contributed by atoms with Crippen molar-refractivity contribution in [2.24, 2.45) is 0 Å². The van der Waals surface area contributed by atoms with Crippen molar-refractivity contribution in [3.8, 4) is 11.5 Å². The summed E-state index contributed by atoms with van der Waals surface area (Å²) in [5.74, 6) is -0.286. The zero-order chi connectivity index (χ0) is 13.6. The van der Waals surface area contributed by atoms with Crippen molar-refractivity contribution in [1.29, 1.82) is 0 Å². The van der Waals surface area contributed by atoms with Crippen molar-refractivity contribution >= 4 is 12.0 Å². The van der Waals surface area contributed by atoms with Crippen LogP contribution in [0.2, 0.25) is 0 Å². The number of rotatable bonds is 0. The average Bonchev–Trinajstić information content (AvgIpc) is 2.47. The van der Waals surface area contributed by atoms with Gasteiger partial charge in [-0.25, -0.2) is 0 Å². The van der Waals surface area contributed by atoms with Gasteiger partial charge in [-0.3, -0.25) is 10.1 Å². The fraction of sp³-hybridized carbons (Fsp3) is 0.0625. The first kappa shape index (κ1) is 11.1. The molecule has 0 aliphatic carbocycles. The van der Waals surface area contributed by atoms with E-state index in [4.69, 9.17) is 9.47 Å². The van der Waals surface area contributed by atoms with Gasteiger partial charge >= 0.3 is 5.91 Å². The van der Waals surface area contributed by atoms with Crippen molar-refractivity contribution in [2.45, 2.75) is 5.91 Å². The van der Waals surface area contributed by atoms with Crippen LogP contribution in [0.1, 0.15) is 15.9 Å². The fourth-order valence-corrected chi connectivity index (χ4v) is 2.39. The van der Waals surface area contributed by atoms with Crippen molar-refractivity contribution < 1.29 is 14.3 Å². The maximum atomic E-state index is 12.2. The smallest absolute Gasteiger partial charge is 0.360 e. The molecule has 0 bridgehead atoms. The third kappa shape index (κ3) is 1.58. The number of hydrogen-bond acceptors (Lipinski definition) is 3. The van der Waals surface area contributed by atoms with E-state index in [1.54, 1.807) is 24.3 Å². The van der Waals surface area contributed by atoms with E-state index in [1.165, 1.54) is 0 Å². The lowest BCUT2D eigenvalue weighted by Crippen LogP contribution is -2.59. The number of hydrogen-bond donors (Lipinski definition) is 1. The van der Waals surface area contributed by atoms with Crippen LogP contribution in [0, 0.1) is 0 Å². The lowest BCUT2D eigenvalue weighted by molar-refractivity contribution is -0.0969. The van der Waals surface area contributed by atoms with Gasteiger partial charge in [0.1, 0.15) is 11.5 Å². The predicted molar refractivity (Wildman–Crippen MR) is 73.4 cm³/mol. The summed E-state index contributed by atoms with van der Waals surface area (Å²) in [4.78, 5) is 12.2. The van der Waals surface area contributed by atoms with Gasteiger partial charge in [0.15, 0.2) is 0 Å². The number of amides is 1. The first-order valence-electron chi connectivity index (χ1n) is 6.34. The lowest BCUT2D eigenvalue weighted by atomic mass is 10.1. The van der Waals surface area contributed by atoms with Crippen molar-refractivity contribution in [1.82, 2.24) is 5.32 Å². The summed E-state index contributed by atoms with van der Waals surface area (Å²) in [5, 5.41) is 2.76. The Morgan fingerprint density at radius 2 is 1.60 bits per heavy atom. The van der Waals surface area contributed by atoms with Crippen LogP contribution >= 0.6 is 0 Å². The minimum Gasteiger partial charge on any atom is -0.431 e. The molecule has 1 spiro atoms. The molecule has 0 aromatic heterocycles. The first-order valence-corrected chi connectivity index (χ1v) is 6.34. The van der Waals surface area contributed by atoms with Crippen LogP contribution in [0.5, 0.6) is 11.5 Å². The first-order chi connectivity index (χ1) is 9.76. The second kappa shape index (κ2) is 3.87. The Kier molecular flexibility index (Phi) is 2.15. The van der Waals surface area contributed by atoms with Crippen molar-refractivity contribution in [3.05, 3.63) is 65.7 Å². The Morgan fingerprint density at radius 3 is 2.50 bits per heavy atom. The van der Waals surface area contributed by atoms with Crippen LogP contribution < -0.4 is 14.8 Å². The Labute approximate surface area is 115 Å². The number of fused-ring (bicyclic) bond motifs is 2. The summed E-state index contributed by atoms with van der Waals surface area (Å²) in [6.07, 6.45) is 3.59. The van der Waals surface area contributed by atoms with Crippen molar-refractivity contribution in [2.75, 3.05) is 0 Å². The molecule has 20 heavy (non-hydrogen) atoms. The number of ether oxygens (including phenoxy) is 2. The minimum atomic E-state index is -1.26. The van der Waals surface area contributed by atoms with Crippen LogP contribution in [0.4, 0.5) is 0 Å².